The Kier molecular flexibility index (Phi) is 6.55. The Morgan fingerprint density at radius 1 is 0.825 bits per heavy atom. The molecule has 1 fully saturated rings. The monoisotopic (exact) mass is 546 g/mol. The van der Waals surface area contributed by atoms with Gasteiger partial charge in [-0.15, -0.1) is 0 Å². The molecule has 1 aliphatic heterocycles. The Morgan fingerprint density at radius 2 is 1.62 bits per heavy atom. The van der Waals surface area contributed by atoms with Gasteiger partial charge in [0.05, 0.1) is 5.69 Å². The summed E-state index contributed by atoms with van der Waals surface area (Å²) in [7, 11) is 0. The molecule has 6 aromatic rings. The van der Waals surface area contributed by atoms with Gasteiger partial charge in [-0.1, -0.05) is 72.3 Å². The third kappa shape index (κ3) is 4.87. The maximum absolute atomic E-state index is 6.24. The largest absolute Gasteiger partial charge is 0.299 e. The van der Waals surface area contributed by atoms with Crippen LogP contribution < -0.4 is 0 Å². The second-order valence-electron chi connectivity index (χ2n) is 10.1. The Hall–Kier alpha value is -4.40. The number of halogens is 1. The zero-order chi connectivity index (χ0) is 26.9. The lowest BCUT2D eigenvalue weighted by Crippen LogP contribution is -2.32. The molecular weight excluding hydrogens is 520 g/mol. The zero-order valence-corrected chi connectivity index (χ0v) is 22.5. The van der Waals surface area contributed by atoms with Crippen molar-refractivity contribution >= 4 is 17.2 Å². The molecule has 1 saturated heterocycles. The van der Waals surface area contributed by atoms with Gasteiger partial charge >= 0.3 is 0 Å². The van der Waals surface area contributed by atoms with Gasteiger partial charge in [0.25, 0.3) is 0 Å². The van der Waals surface area contributed by atoms with Crippen molar-refractivity contribution in [1.82, 2.24) is 39.7 Å². The SMILES string of the molecule is Clc1ccc2nc(-c3ccc(CN4CCC(c5nc(-c6ccccn6)n[nH]5)CC4)cc3)c(-c3ccccc3)n2n1. The van der Waals surface area contributed by atoms with Crippen LogP contribution in [0.1, 0.15) is 30.1 Å². The number of hydrogen-bond donors (Lipinski definition) is 1. The maximum atomic E-state index is 6.24. The molecule has 2 aromatic carbocycles. The molecule has 8 nitrogen and oxygen atoms in total. The molecule has 0 spiro atoms. The molecular formula is C31H27ClN8. The van der Waals surface area contributed by atoms with Gasteiger partial charge in [0.2, 0.25) is 0 Å². The third-order valence-corrected chi connectivity index (χ3v) is 7.70. The van der Waals surface area contributed by atoms with Crippen molar-refractivity contribution in [3.05, 3.63) is 108 Å². The number of hydrogen-bond acceptors (Lipinski definition) is 6. The second kappa shape index (κ2) is 10.6. The first-order valence-corrected chi connectivity index (χ1v) is 13.9. The lowest BCUT2D eigenvalue weighted by atomic mass is 9.95. The summed E-state index contributed by atoms with van der Waals surface area (Å²) in [6, 6.07) is 28.4. The quantitative estimate of drug-likeness (QED) is 0.265. The highest BCUT2D eigenvalue weighted by molar-refractivity contribution is 6.29. The molecule has 0 radical (unpaired) electrons. The summed E-state index contributed by atoms with van der Waals surface area (Å²) < 4.78 is 1.83. The van der Waals surface area contributed by atoms with Gasteiger partial charge in [0.15, 0.2) is 11.5 Å². The Labute approximate surface area is 236 Å². The van der Waals surface area contributed by atoms with Crippen molar-refractivity contribution in [1.29, 1.82) is 0 Å². The topological polar surface area (TPSA) is 87.9 Å². The molecule has 0 atom stereocenters. The summed E-state index contributed by atoms with van der Waals surface area (Å²) in [6.45, 7) is 2.95. The van der Waals surface area contributed by atoms with Crippen molar-refractivity contribution in [3.8, 4) is 34.0 Å². The first-order chi connectivity index (χ1) is 19.7. The van der Waals surface area contributed by atoms with Crippen LogP contribution in [0.2, 0.25) is 5.15 Å². The predicted molar refractivity (Wildman–Crippen MR) is 156 cm³/mol. The Balaban J connectivity index is 1.05. The van der Waals surface area contributed by atoms with Crippen LogP contribution in [0.4, 0.5) is 0 Å². The van der Waals surface area contributed by atoms with E-state index in [2.05, 4.69) is 61.6 Å². The highest BCUT2D eigenvalue weighted by Gasteiger charge is 2.24. The van der Waals surface area contributed by atoms with E-state index < -0.39 is 0 Å². The highest BCUT2D eigenvalue weighted by Crippen LogP contribution is 2.33. The van der Waals surface area contributed by atoms with E-state index in [1.807, 2.05) is 47.0 Å². The third-order valence-electron chi connectivity index (χ3n) is 7.50. The van der Waals surface area contributed by atoms with Crippen LogP contribution in [0, 0.1) is 0 Å². The van der Waals surface area contributed by atoms with Gasteiger partial charge in [0, 0.05) is 29.8 Å². The van der Waals surface area contributed by atoms with E-state index in [1.54, 1.807) is 12.3 Å². The number of benzene rings is 2. The van der Waals surface area contributed by atoms with E-state index in [1.165, 1.54) is 5.56 Å². The molecule has 198 valence electrons. The molecule has 4 aromatic heterocycles. The van der Waals surface area contributed by atoms with Gasteiger partial charge in [-0.05, 0) is 55.8 Å². The Morgan fingerprint density at radius 3 is 2.40 bits per heavy atom. The van der Waals surface area contributed by atoms with E-state index in [0.717, 1.165) is 72.2 Å². The summed E-state index contributed by atoms with van der Waals surface area (Å²) in [6.07, 6.45) is 3.86. The maximum Gasteiger partial charge on any atom is 0.199 e. The summed E-state index contributed by atoms with van der Waals surface area (Å²) in [4.78, 5) is 16.5. The molecule has 0 saturated carbocycles. The number of piperidine rings is 1. The smallest absolute Gasteiger partial charge is 0.199 e. The highest BCUT2D eigenvalue weighted by atomic mass is 35.5. The van der Waals surface area contributed by atoms with Gasteiger partial charge in [-0.3, -0.25) is 15.0 Å². The van der Waals surface area contributed by atoms with Gasteiger partial charge in [0.1, 0.15) is 22.4 Å². The molecule has 40 heavy (non-hydrogen) atoms. The molecule has 0 amide bonds. The summed E-state index contributed by atoms with van der Waals surface area (Å²) in [5.41, 5.74) is 6.78. The Bertz CT molecular complexity index is 1740. The minimum Gasteiger partial charge on any atom is -0.299 e. The number of imidazole rings is 1. The van der Waals surface area contributed by atoms with Gasteiger partial charge < -0.3 is 0 Å². The molecule has 1 N–H and O–H groups in total. The lowest BCUT2D eigenvalue weighted by molar-refractivity contribution is 0.202. The van der Waals surface area contributed by atoms with Crippen LogP contribution in [0.25, 0.3) is 39.7 Å². The van der Waals surface area contributed by atoms with E-state index >= 15 is 0 Å². The fourth-order valence-electron chi connectivity index (χ4n) is 5.42. The van der Waals surface area contributed by atoms with E-state index in [0.29, 0.717) is 16.9 Å². The van der Waals surface area contributed by atoms with Gasteiger partial charge in [-0.25, -0.2) is 14.5 Å². The molecule has 0 bridgehead atoms. The summed E-state index contributed by atoms with van der Waals surface area (Å²) in [5.74, 6) is 2.01. The summed E-state index contributed by atoms with van der Waals surface area (Å²) >= 11 is 6.24. The normalized spacial score (nSPS) is 14.6. The number of likely N-dealkylation sites (tertiary alicyclic amines) is 1. The van der Waals surface area contributed by atoms with Gasteiger partial charge in [-0.2, -0.15) is 10.2 Å². The minimum absolute atomic E-state index is 0.386. The fourth-order valence-corrected chi connectivity index (χ4v) is 5.56. The van der Waals surface area contributed by atoms with Crippen LogP contribution in [-0.4, -0.2) is 52.8 Å². The molecule has 7 rings (SSSR count). The average molecular weight is 547 g/mol. The fraction of sp³-hybridized carbons (Fsp3) is 0.194. The number of pyridine rings is 1. The molecule has 0 unspecified atom stereocenters. The first-order valence-electron chi connectivity index (χ1n) is 13.5. The van der Waals surface area contributed by atoms with Crippen LogP contribution in [0.3, 0.4) is 0 Å². The lowest BCUT2D eigenvalue weighted by Gasteiger charge is -2.30. The average Bonchev–Trinajstić information content (AvgIpc) is 3.65. The number of nitrogens with zero attached hydrogens (tertiary/aromatic N) is 7. The van der Waals surface area contributed by atoms with E-state index in [-0.39, 0.29) is 0 Å². The zero-order valence-electron chi connectivity index (χ0n) is 21.8. The van der Waals surface area contributed by atoms with E-state index in [9.17, 15) is 0 Å². The van der Waals surface area contributed by atoms with Crippen molar-refractivity contribution in [3.63, 3.8) is 0 Å². The number of aromatic nitrogens is 7. The van der Waals surface area contributed by atoms with Crippen molar-refractivity contribution in [2.45, 2.75) is 25.3 Å². The van der Waals surface area contributed by atoms with Crippen LogP contribution in [0.5, 0.6) is 0 Å². The van der Waals surface area contributed by atoms with Crippen molar-refractivity contribution in [2.24, 2.45) is 0 Å². The van der Waals surface area contributed by atoms with Crippen LogP contribution in [-0.2, 0) is 6.54 Å². The summed E-state index contributed by atoms with van der Waals surface area (Å²) in [5, 5.41) is 12.5. The number of H-pyrrole nitrogens is 1. The number of rotatable bonds is 6. The van der Waals surface area contributed by atoms with Crippen LogP contribution >= 0.6 is 11.6 Å². The number of nitrogens with one attached hydrogen (secondary N) is 1. The van der Waals surface area contributed by atoms with E-state index in [4.69, 9.17) is 21.6 Å². The number of fused-ring (bicyclic) bond motifs is 1. The standard InChI is InChI=1S/C31H27ClN8/c32-26-13-14-27-34-28(29(40(27)38-26)23-6-2-1-3-7-23)22-11-9-21(10-12-22)20-39-18-15-24(16-19-39)30-35-31(37-36-30)25-8-4-5-17-33-25/h1-14,17,24H,15-16,18-20H2,(H,35,36,37). The molecule has 0 aliphatic carbocycles. The van der Waals surface area contributed by atoms with Crippen molar-refractivity contribution in [2.75, 3.05) is 13.1 Å². The molecule has 9 heteroatoms. The first kappa shape index (κ1) is 24.6. The predicted octanol–water partition coefficient (Wildman–Crippen LogP) is 6.28. The second-order valence-corrected chi connectivity index (χ2v) is 10.5. The van der Waals surface area contributed by atoms with Crippen LogP contribution in [0.15, 0.2) is 91.1 Å². The molecule has 1 aliphatic rings. The molecule has 5 heterocycles. The number of aromatic amines is 1. The van der Waals surface area contributed by atoms with Crippen molar-refractivity contribution < 1.29 is 0 Å². The minimum atomic E-state index is 0.386.